The van der Waals surface area contributed by atoms with E-state index in [-0.39, 0.29) is 0 Å². The minimum Gasteiger partial charge on any atom is -0.271 e. The number of hydrogen-bond donors (Lipinski definition) is 1. The van der Waals surface area contributed by atoms with Crippen molar-refractivity contribution in [2.45, 2.75) is 6.92 Å². The number of anilines is 1. The summed E-state index contributed by atoms with van der Waals surface area (Å²) in [6.07, 6.45) is 1.03. The number of carbonyl (C=O) groups excluding carboxylic acids is 1. The fourth-order valence-corrected chi connectivity index (χ4v) is 3.32. The summed E-state index contributed by atoms with van der Waals surface area (Å²) in [6.45, 7) is 1.36. The zero-order valence-electron chi connectivity index (χ0n) is 14.1. The van der Waals surface area contributed by atoms with Gasteiger partial charge in [-0.15, -0.1) is 0 Å². The second-order valence-electron chi connectivity index (χ2n) is 5.49. The first-order valence-electron chi connectivity index (χ1n) is 7.49. The Morgan fingerprint density at radius 1 is 1.15 bits per heavy atom. The van der Waals surface area contributed by atoms with Gasteiger partial charge < -0.3 is 0 Å². The molecule has 0 unspecified atom stereocenters. The van der Waals surface area contributed by atoms with Crippen LogP contribution in [-0.4, -0.2) is 32.8 Å². The van der Waals surface area contributed by atoms with Gasteiger partial charge in [0.25, 0.3) is 5.91 Å². The topological polar surface area (TPSA) is 78.8 Å². The highest BCUT2D eigenvalue weighted by Crippen LogP contribution is 2.20. The fourth-order valence-electron chi connectivity index (χ4n) is 2.08. The number of halogens is 2. The molecule has 0 aliphatic heterocycles. The zero-order chi connectivity index (χ0) is 19.3. The molecule has 0 saturated heterocycles. The number of nitrogens with zero attached hydrogens (tertiary/aromatic N) is 2. The van der Waals surface area contributed by atoms with E-state index in [1.54, 1.807) is 19.1 Å². The number of benzene rings is 2. The maximum Gasteiger partial charge on any atom is 0.260 e. The highest BCUT2D eigenvalue weighted by Gasteiger charge is 2.20. The third-order valence-corrected chi connectivity index (χ3v) is 5.33. The summed E-state index contributed by atoms with van der Waals surface area (Å²) in [6, 6.07) is 13.6. The van der Waals surface area contributed by atoms with E-state index >= 15 is 0 Å². The average Bonchev–Trinajstić information content (AvgIpc) is 2.58. The molecule has 0 atom stereocenters. The van der Waals surface area contributed by atoms with Gasteiger partial charge in [0.15, 0.2) is 0 Å². The fraction of sp³-hybridized carbons (Fsp3) is 0.176. The molecular weight excluding hydrogens is 442 g/mol. The predicted octanol–water partition coefficient (Wildman–Crippen LogP) is 3.41. The summed E-state index contributed by atoms with van der Waals surface area (Å²) in [4.78, 5) is 12.2. The lowest BCUT2D eigenvalue weighted by atomic mass is 10.1. The van der Waals surface area contributed by atoms with Crippen LogP contribution < -0.4 is 9.73 Å². The molecule has 0 fully saturated rings. The van der Waals surface area contributed by atoms with Crippen molar-refractivity contribution in [3.8, 4) is 0 Å². The van der Waals surface area contributed by atoms with Crippen LogP contribution in [0.2, 0.25) is 5.02 Å². The van der Waals surface area contributed by atoms with Gasteiger partial charge in [-0.05, 0) is 48.9 Å². The molecule has 26 heavy (non-hydrogen) atoms. The zero-order valence-corrected chi connectivity index (χ0v) is 17.3. The number of hydrazone groups is 1. The SMILES string of the molecule is C/C(=N\NC(=O)CN(c1ccc(Cl)cc1)S(C)(=O)=O)c1ccc(Br)cc1. The first-order valence-corrected chi connectivity index (χ1v) is 10.5. The number of hydrogen-bond acceptors (Lipinski definition) is 4. The summed E-state index contributed by atoms with van der Waals surface area (Å²) >= 11 is 9.17. The van der Waals surface area contributed by atoms with E-state index in [9.17, 15) is 13.2 Å². The Hall–Kier alpha value is -1.90. The van der Waals surface area contributed by atoms with Crippen molar-refractivity contribution in [3.63, 3.8) is 0 Å². The second-order valence-corrected chi connectivity index (χ2v) is 8.74. The largest absolute Gasteiger partial charge is 0.271 e. The molecular formula is C17H17BrClN3O3S. The van der Waals surface area contributed by atoms with Crippen LogP contribution >= 0.6 is 27.5 Å². The number of sulfonamides is 1. The van der Waals surface area contributed by atoms with Crippen molar-refractivity contribution in [2.24, 2.45) is 5.10 Å². The summed E-state index contributed by atoms with van der Waals surface area (Å²) in [5, 5.41) is 4.50. The highest BCUT2D eigenvalue weighted by atomic mass is 79.9. The van der Waals surface area contributed by atoms with Crippen LogP contribution in [-0.2, 0) is 14.8 Å². The molecule has 0 spiro atoms. The van der Waals surface area contributed by atoms with E-state index in [4.69, 9.17) is 11.6 Å². The van der Waals surface area contributed by atoms with Gasteiger partial charge >= 0.3 is 0 Å². The molecule has 138 valence electrons. The van der Waals surface area contributed by atoms with Crippen LogP contribution in [0.5, 0.6) is 0 Å². The van der Waals surface area contributed by atoms with Gasteiger partial charge in [0.05, 0.1) is 17.7 Å². The Kier molecular flexibility index (Phi) is 6.80. The van der Waals surface area contributed by atoms with Crippen LogP contribution in [0, 0.1) is 0 Å². The molecule has 2 rings (SSSR count). The molecule has 1 amide bonds. The summed E-state index contributed by atoms with van der Waals surface area (Å²) in [5.74, 6) is -0.554. The third-order valence-electron chi connectivity index (χ3n) is 3.41. The quantitative estimate of drug-likeness (QED) is 0.532. The van der Waals surface area contributed by atoms with Crippen LogP contribution in [0.15, 0.2) is 58.1 Å². The Balaban J connectivity index is 2.11. The van der Waals surface area contributed by atoms with Gasteiger partial charge in [-0.2, -0.15) is 5.10 Å². The Morgan fingerprint density at radius 3 is 2.27 bits per heavy atom. The molecule has 0 bridgehead atoms. The summed E-state index contributed by atoms with van der Waals surface area (Å²) in [5.41, 5.74) is 4.17. The molecule has 0 aromatic heterocycles. The molecule has 0 radical (unpaired) electrons. The van der Waals surface area contributed by atoms with Crippen LogP contribution in [0.25, 0.3) is 0 Å². The predicted molar refractivity (Wildman–Crippen MR) is 108 cm³/mol. The summed E-state index contributed by atoms with van der Waals surface area (Å²) < 4.78 is 26.0. The van der Waals surface area contributed by atoms with Crippen molar-refractivity contribution < 1.29 is 13.2 Å². The number of carbonyl (C=O) groups is 1. The number of amides is 1. The lowest BCUT2D eigenvalue weighted by Gasteiger charge is -2.21. The van der Waals surface area contributed by atoms with E-state index in [1.165, 1.54) is 12.1 Å². The standard InChI is InChI=1S/C17H17BrClN3O3S/c1-12(13-3-5-14(18)6-4-13)20-21-17(23)11-22(26(2,24)25)16-9-7-15(19)8-10-16/h3-10H,11H2,1-2H3,(H,21,23)/b20-12+. The Bertz CT molecular complexity index is 913. The van der Waals surface area contributed by atoms with Crippen molar-refractivity contribution in [1.82, 2.24) is 5.43 Å². The van der Waals surface area contributed by atoms with Crippen molar-refractivity contribution in [3.05, 3.63) is 63.6 Å². The van der Waals surface area contributed by atoms with Crippen LogP contribution in [0.3, 0.4) is 0 Å². The van der Waals surface area contributed by atoms with E-state index in [0.29, 0.717) is 16.4 Å². The first-order chi connectivity index (χ1) is 12.2. The van der Waals surface area contributed by atoms with Gasteiger partial charge in [0.2, 0.25) is 10.0 Å². The van der Waals surface area contributed by atoms with E-state index in [2.05, 4.69) is 26.5 Å². The minimum absolute atomic E-state index is 0.348. The highest BCUT2D eigenvalue weighted by molar-refractivity contribution is 9.10. The van der Waals surface area contributed by atoms with Gasteiger partial charge in [-0.1, -0.05) is 39.7 Å². The molecule has 6 nitrogen and oxygen atoms in total. The molecule has 0 aliphatic carbocycles. The van der Waals surface area contributed by atoms with Crippen LogP contribution in [0.1, 0.15) is 12.5 Å². The molecule has 1 N–H and O–H groups in total. The third kappa shape index (κ3) is 5.82. The molecule has 0 heterocycles. The van der Waals surface area contributed by atoms with E-state index in [0.717, 1.165) is 20.6 Å². The Morgan fingerprint density at radius 2 is 1.73 bits per heavy atom. The molecule has 2 aromatic rings. The van der Waals surface area contributed by atoms with E-state index < -0.39 is 22.5 Å². The molecule has 0 saturated carbocycles. The van der Waals surface area contributed by atoms with Crippen molar-refractivity contribution >= 4 is 54.9 Å². The van der Waals surface area contributed by atoms with E-state index in [1.807, 2.05) is 24.3 Å². The number of nitrogens with one attached hydrogen (secondary N) is 1. The van der Waals surface area contributed by atoms with Crippen molar-refractivity contribution in [2.75, 3.05) is 17.1 Å². The normalized spacial score (nSPS) is 11.9. The maximum absolute atomic E-state index is 12.2. The second kappa shape index (κ2) is 8.66. The van der Waals surface area contributed by atoms with Gasteiger partial charge in [0.1, 0.15) is 6.54 Å². The number of rotatable bonds is 6. The molecule has 2 aromatic carbocycles. The summed E-state index contributed by atoms with van der Waals surface area (Å²) in [7, 11) is -3.65. The lowest BCUT2D eigenvalue weighted by molar-refractivity contribution is -0.119. The first kappa shape index (κ1) is 20.4. The van der Waals surface area contributed by atoms with Gasteiger partial charge in [-0.25, -0.2) is 13.8 Å². The van der Waals surface area contributed by atoms with Crippen molar-refractivity contribution in [1.29, 1.82) is 0 Å². The smallest absolute Gasteiger partial charge is 0.260 e. The molecule has 0 aliphatic rings. The molecule has 9 heteroatoms. The average molecular weight is 459 g/mol. The minimum atomic E-state index is -3.65. The lowest BCUT2D eigenvalue weighted by Crippen LogP contribution is -2.39. The Labute approximate surface area is 166 Å². The van der Waals surface area contributed by atoms with Crippen LogP contribution in [0.4, 0.5) is 5.69 Å². The van der Waals surface area contributed by atoms with Gasteiger partial charge in [0, 0.05) is 9.50 Å². The monoisotopic (exact) mass is 457 g/mol. The maximum atomic E-state index is 12.2. The van der Waals surface area contributed by atoms with Gasteiger partial charge in [-0.3, -0.25) is 9.10 Å².